The van der Waals surface area contributed by atoms with E-state index in [9.17, 15) is 4.79 Å². The maximum atomic E-state index is 12.0. The van der Waals surface area contributed by atoms with Gasteiger partial charge in [0.25, 0.3) is 0 Å². The zero-order valence-electron chi connectivity index (χ0n) is 11.6. The summed E-state index contributed by atoms with van der Waals surface area (Å²) in [6.07, 6.45) is 1.75. The van der Waals surface area contributed by atoms with Gasteiger partial charge in [-0.15, -0.1) is 0 Å². The van der Waals surface area contributed by atoms with Crippen LogP contribution >= 0.6 is 0 Å². The van der Waals surface area contributed by atoms with Crippen LogP contribution in [0.25, 0.3) is 4.47 Å². The molecule has 3 heteroatoms. The van der Waals surface area contributed by atoms with Crippen LogP contribution in [0.15, 0.2) is 66.7 Å². The average molecular weight is 330 g/mol. The second-order valence-corrected chi connectivity index (χ2v) is 6.86. The maximum absolute atomic E-state index is 12.0. The zero-order valence-corrected chi connectivity index (χ0v) is 13.3. The van der Waals surface area contributed by atoms with Gasteiger partial charge in [-0.3, -0.25) is 0 Å². The van der Waals surface area contributed by atoms with Gasteiger partial charge in [0.15, 0.2) is 0 Å². The van der Waals surface area contributed by atoms with Crippen molar-refractivity contribution in [3.05, 3.63) is 72.3 Å². The monoisotopic (exact) mass is 331 g/mol. The van der Waals surface area contributed by atoms with Crippen molar-refractivity contribution in [3.63, 3.8) is 0 Å². The summed E-state index contributed by atoms with van der Waals surface area (Å²) in [7, 11) is 3.55. The average Bonchev–Trinajstić information content (AvgIpc) is 2.48. The summed E-state index contributed by atoms with van der Waals surface area (Å²) >= 11 is 0.119. The third-order valence-corrected chi connectivity index (χ3v) is 4.99. The van der Waals surface area contributed by atoms with Gasteiger partial charge in [0.1, 0.15) is 0 Å². The Balaban J connectivity index is 2.32. The first-order chi connectivity index (χ1) is 9.66. The van der Waals surface area contributed by atoms with Gasteiger partial charge in [-0.05, 0) is 0 Å². The van der Waals surface area contributed by atoms with E-state index in [0.717, 1.165) is 10.0 Å². The van der Waals surface area contributed by atoms with Crippen molar-refractivity contribution in [1.82, 2.24) is 4.90 Å². The summed E-state index contributed by atoms with van der Waals surface area (Å²) in [5, 5.41) is 0. The molecule has 20 heavy (non-hydrogen) atoms. The fourth-order valence-corrected chi connectivity index (χ4v) is 3.65. The van der Waals surface area contributed by atoms with E-state index in [1.165, 1.54) is 4.46 Å². The van der Waals surface area contributed by atoms with E-state index in [0.29, 0.717) is 0 Å². The first-order valence-electron chi connectivity index (χ1n) is 6.38. The molecule has 0 unspecified atom stereocenters. The van der Waals surface area contributed by atoms with Gasteiger partial charge in [-0.2, -0.15) is 0 Å². The predicted molar refractivity (Wildman–Crippen MR) is 84.9 cm³/mol. The molecule has 0 atom stereocenters. The molecule has 0 saturated carbocycles. The minimum absolute atomic E-state index is 0.0293. The summed E-state index contributed by atoms with van der Waals surface area (Å²) in [4.78, 5) is 13.6. The summed E-state index contributed by atoms with van der Waals surface area (Å²) in [6, 6.07) is 20.4. The second-order valence-electron chi connectivity index (χ2n) is 4.52. The minimum atomic E-state index is 0.0293. The van der Waals surface area contributed by atoms with E-state index < -0.39 is 0 Å². The molecular formula is C17H17NOSe. The fourth-order valence-electron chi connectivity index (χ4n) is 1.63. The Morgan fingerprint density at radius 1 is 0.950 bits per heavy atom. The van der Waals surface area contributed by atoms with Gasteiger partial charge < -0.3 is 0 Å². The van der Waals surface area contributed by atoms with Crippen molar-refractivity contribution >= 4 is 29.8 Å². The summed E-state index contributed by atoms with van der Waals surface area (Å²) in [6.45, 7) is 0. The number of likely N-dealkylation sites (N-methyl/N-ethyl adjacent to an activating group) is 1. The number of hydrogen-bond donors (Lipinski definition) is 0. The third-order valence-electron chi connectivity index (χ3n) is 2.72. The van der Waals surface area contributed by atoms with Crippen LogP contribution in [0.3, 0.4) is 0 Å². The van der Waals surface area contributed by atoms with Gasteiger partial charge >= 0.3 is 126 Å². The van der Waals surface area contributed by atoms with Gasteiger partial charge in [-0.1, -0.05) is 0 Å². The van der Waals surface area contributed by atoms with E-state index in [2.05, 4.69) is 24.3 Å². The molecule has 0 spiro atoms. The van der Waals surface area contributed by atoms with Crippen LogP contribution in [0.5, 0.6) is 0 Å². The normalized spacial score (nSPS) is 11.2. The van der Waals surface area contributed by atoms with E-state index in [-0.39, 0.29) is 20.9 Å². The SMILES string of the molecule is CN(C)C(=O)/C=C(\[Se]c1ccccc1)c1ccccc1. The van der Waals surface area contributed by atoms with E-state index in [1.807, 2.05) is 36.4 Å². The first-order valence-corrected chi connectivity index (χ1v) is 8.09. The van der Waals surface area contributed by atoms with Crippen LogP contribution in [-0.4, -0.2) is 39.9 Å². The Labute approximate surface area is 126 Å². The Bertz CT molecular complexity index is 591. The molecule has 1 amide bonds. The van der Waals surface area contributed by atoms with Crippen LogP contribution in [0.1, 0.15) is 5.56 Å². The molecule has 2 aromatic rings. The molecule has 0 N–H and O–H groups in total. The van der Waals surface area contributed by atoms with Crippen molar-refractivity contribution < 1.29 is 4.79 Å². The molecule has 0 fully saturated rings. The molecule has 0 radical (unpaired) electrons. The molecule has 0 heterocycles. The van der Waals surface area contributed by atoms with Crippen molar-refractivity contribution in [2.75, 3.05) is 14.1 Å². The number of hydrogen-bond acceptors (Lipinski definition) is 1. The number of benzene rings is 2. The van der Waals surface area contributed by atoms with Crippen LogP contribution in [-0.2, 0) is 4.79 Å². The van der Waals surface area contributed by atoms with E-state index in [1.54, 1.807) is 25.1 Å². The topological polar surface area (TPSA) is 20.3 Å². The van der Waals surface area contributed by atoms with E-state index in [4.69, 9.17) is 0 Å². The number of rotatable bonds is 4. The Hall–Kier alpha value is -1.83. The van der Waals surface area contributed by atoms with Gasteiger partial charge in [-0.25, -0.2) is 0 Å². The molecular weight excluding hydrogens is 313 g/mol. The molecule has 0 saturated heterocycles. The van der Waals surface area contributed by atoms with Crippen LogP contribution in [0.2, 0.25) is 0 Å². The van der Waals surface area contributed by atoms with Gasteiger partial charge in [0.05, 0.1) is 0 Å². The quantitative estimate of drug-likeness (QED) is 0.621. The molecule has 0 aliphatic heterocycles. The van der Waals surface area contributed by atoms with Crippen molar-refractivity contribution in [2.45, 2.75) is 0 Å². The summed E-state index contributed by atoms with van der Waals surface area (Å²) < 4.78 is 2.37. The summed E-state index contributed by atoms with van der Waals surface area (Å²) in [5.41, 5.74) is 1.12. The van der Waals surface area contributed by atoms with Crippen LogP contribution in [0.4, 0.5) is 0 Å². The molecule has 2 rings (SSSR count). The van der Waals surface area contributed by atoms with Crippen molar-refractivity contribution in [1.29, 1.82) is 0 Å². The molecule has 2 aromatic carbocycles. The third kappa shape index (κ3) is 4.09. The Morgan fingerprint density at radius 3 is 2.05 bits per heavy atom. The second kappa shape index (κ2) is 7.09. The Kier molecular flexibility index (Phi) is 5.16. The van der Waals surface area contributed by atoms with Crippen LogP contribution < -0.4 is 4.46 Å². The number of carbonyl (C=O) groups is 1. The molecule has 0 aromatic heterocycles. The van der Waals surface area contributed by atoms with Gasteiger partial charge in [0.2, 0.25) is 0 Å². The molecule has 0 bridgehead atoms. The van der Waals surface area contributed by atoms with Gasteiger partial charge in [0, 0.05) is 0 Å². The molecule has 0 aliphatic rings. The Morgan fingerprint density at radius 2 is 1.50 bits per heavy atom. The standard InChI is InChI=1S/C17H17NOSe/c1-18(2)17(19)13-16(14-9-5-3-6-10-14)20-15-11-7-4-8-12-15/h3-13H,1-2H3/b16-13-. The fraction of sp³-hybridized carbons (Fsp3) is 0.118. The first kappa shape index (κ1) is 14.6. The van der Waals surface area contributed by atoms with E-state index >= 15 is 0 Å². The summed E-state index contributed by atoms with van der Waals surface area (Å²) in [5.74, 6) is 0.0293. The predicted octanol–water partition coefficient (Wildman–Crippen LogP) is 2.15. The van der Waals surface area contributed by atoms with Crippen LogP contribution in [0, 0.1) is 0 Å². The molecule has 0 aliphatic carbocycles. The number of nitrogens with zero attached hydrogens (tertiary/aromatic N) is 1. The van der Waals surface area contributed by atoms with Crippen molar-refractivity contribution in [3.8, 4) is 0 Å². The number of amides is 1. The molecule has 2 nitrogen and oxygen atoms in total. The zero-order chi connectivity index (χ0) is 14.4. The molecule has 102 valence electrons. The van der Waals surface area contributed by atoms with Crippen molar-refractivity contribution in [2.24, 2.45) is 0 Å². The number of carbonyl (C=O) groups excluding carboxylic acids is 1.